The molecule has 2 aliphatic heterocycles. The van der Waals surface area contributed by atoms with Gasteiger partial charge < -0.3 is 15.1 Å². The van der Waals surface area contributed by atoms with Crippen LogP contribution in [0.1, 0.15) is 55.2 Å². The van der Waals surface area contributed by atoms with E-state index in [0.717, 1.165) is 15.9 Å². The van der Waals surface area contributed by atoms with Gasteiger partial charge in [-0.05, 0) is 99.1 Å². The maximum absolute atomic E-state index is 5.90. The lowest BCUT2D eigenvalue weighted by molar-refractivity contribution is 0.566. The summed E-state index contributed by atoms with van der Waals surface area (Å²) in [7, 11) is 2.17. The van der Waals surface area contributed by atoms with Gasteiger partial charge in [-0.1, -0.05) is 34.1 Å². The molecule has 0 radical (unpaired) electrons. The number of nitrogens with one attached hydrogen (secondary N) is 1. The van der Waals surface area contributed by atoms with Crippen LogP contribution in [-0.4, -0.2) is 22.7 Å². The lowest BCUT2D eigenvalue weighted by atomic mass is 9.86. The molecule has 2 aliphatic rings. The third-order valence-corrected chi connectivity index (χ3v) is 8.30. The zero-order valence-electron chi connectivity index (χ0n) is 20.1. The largest absolute Gasteiger partial charge is 0.366 e. The van der Waals surface area contributed by atoms with Crippen LogP contribution >= 0.6 is 28.1 Å². The first-order valence-corrected chi connectivity index (χ1v) is 12.7. The topological polar surface area (TPSA) is 31.4 Å². The minimum absolute atomic E-state index is 0.0213. The van der Waals surface area contributed by atoms with E-state index >= 15 is 0 Å². The molecule has 174 valence electrons. The number of fused-ring (bicyclic) bond motifs is 1. The second-order valence-electron chi connectivity index (χ2n) is 9.75. The highest BCUT2D eigenvalue weighted by molar-refractivity contribution is 9.10. The summed E-state index contributed by atoms with van der Waals surface area (Å²) >= 11 is 9.54. The SMILES string of the molecule is CC1=CC(C)(C)N(C)c2ccc(C3C(c4ccccn4)NC(=S)N3c3ccc(Br)c(C)c3)cc21. The minimum Gasteiger partial charge on any atom is -0.366 e. The standard InChI is InChI=1S/C28H29BrN4S/c1-17-14-20(10-11-22(17)29)33-26(25(31-27(33)34)23-8-6-7-13-30-23)19-9-12-24-21(15-19)18(2)16-28(3,4)32(24)5/h6-16,25-26H,1-5H3,(H,31,34). The molecule has 5 rings (SSSR count). The molecule has 1 saturated heterocycles. The summed E-state index contributed by atoms with van der Waals surface area (Å²) in [6.07, 6.45) is 4.20. The fourth-order valence-electron chi connectivity index (χ4n) is 5.11. The first-order valence-electron chi connectivity index (χ1n) is 11.5. The molecule has 4 nitrogen and oxygen atoms in total. The predicted octanol–water partition coefficient (Wildman–Crippen LogP) is 6.96. The zero-order chi connectivity index (χ0) is 24.2. The number of pyridine rings is 1. The molecular formula is C28H29BrN4S. The third-order valence-electron chi connectivity index (χ3n) is 7.10. The molecule has 0 spiro atoms. The Morgan fingerprint density at radius 3 is 2.56 bits per heavy atom. The van der Waals surface area contributed by atoms with Gasteiger partial charge in [0.25, 0.3) is 0 Å². The van der Waals surface area contributed by atoms with Gasteiger partial charge in [-0.2, -0.15) is 0 Å². The van der Waals surface area contributed by atoms with Crippen molar-refractivity contribution in [1.82, 2.24) is 10.3 Å². The average molecular weight is 534 g/mol. The first-order chi connectivity index (χ1) is 16.2. The van der Waals surface area contributed by atoms with Crippen LogP contribution in [-0.2, 0) is 0 Å². The second kappa shape index (κ2) is 8.51. The Hall–Kier alpha value is -2.70. The van der Waals surface area contributed by atoms with E-state index in [1.165, 1.54) is 28.0 Å². The molecule has 2 unspecified atom stereocenters. The highest BCUT2D eigenvalue weighted by Crippen LogP contribution is 2.45. The van der Waals surface area contributed by atoms with Crippen LogP contribution in [0.2, 0.25) is 0 Å². The molecule has 0 aliphatic carbocycles. The van der Waals surface area contributed by atoms with Crippen molar-refractivity contribution >= 4 is 50.2 Å². The fraction of sp³-hybridized carbons (Fsp3) is 0.286. The predicted molar refractivity (Wildman–Crippen MR) is 149 cm³/mol. The van der Waals surface area contributed by atoms with Crippen molar-refractivity contribution in [2.45, 2.75) is 45.3 Å². The smallest absolute Gasteiger partial charge is 0.174 e. The Bertz CT molecular complexity index is 1300. The van der Waals surface area contributed by atoms with E-state index in [1.807, 2.05) is 18.3 Å². The number of hydrogen-bond acceptors (Lipinski definition) is 3. The molecule has 6 heteroatoms. The van der Waals surface area contributed by atoms with Crippen LogP contribution in [0.15, 0.2) is 71.3 Å². The number of nitrogens with zero attached hydrogens (tertiary/aromatic N) is 3. The van der Waals surface area contributed by atoms with Crippen LogP contribution in [0.3, 0.4) is 0 Å². The number of thiocarbonyl (C=S) groups is 1. The number of aromatic nitrogens is 1. The van der Waals surface area contributed by atoms with E-state index in [4.69, 9.17) is 12.2 Å². The van der Waals surface area contributed by atoms with Crippen molar-refractivity contribution in [3.05, 3.63) is 93.7 Å². The number of likely N-dealkylation sites (N-methyl/N-ethyl adjacent to an activating group) is 1. The van der Waals surface area contributed by atoms with E-state index in [0.29, 0.717) is 5.11 Å². The van der Waals surface area contributed by atoms with Gasteiger partial charge in [-0.15, -0.1) is 0 Å². The number of anilines is 2. The summed E-state index contributed by atoms with van der Waals surface area (Å²) in [6, 6.07) is 19.2. The van der Waals surface area contributed by atoms with Gasteiger partial charge in [0, 0.05) is 34.7 Å². The summed E-state index contributed by atoms with van der Waals surface area (Å²) < 4.78 is 1.09. The Morgan fingerprint density at radius 2 is 1.85 bits per heavy atom. The molecule has 1 aromatic heterocycles. The van der Waals surface area contributed by atoms with E-state index in [1.54, 1.807) is 0 Å². The number of allylic oxidation sites excluding steroid dienone is 1. The highest BCUT2D eigenvalue weighted by Gasteiger charge is 2.41. The van der Waals surface area contributed by atoms with Crippen molar-refractivity contribution in [1.29, 1.82) is 0 Å². The molecule has 2 aromatic carbocycles. The molecular weight excluding hydrogens is 504 g/mol. The Morgan fingerprint density at radius 1 is 1.06 bits per heavy atom. The van der Waals surface area contributed by atoms with E-state index in [9.17, 15) is 0 Å². The van der Waals surface area contributed by atoms with Gasteiger partial charge >= 0.3 is 0 Å². The van der Waals surface area contributed by atoms with E-state index in [2.05, 4.69) is 119 Å². The van der Waals surface area contributed by atoms with Gasteiger partial charge in [-0.25, -0.2) is 0 Å². The summed E-state index contributed by atoms with van der Waals surface area (Å²) in [5, 5.41) is 4.29. The second-order valence-corrected chi connectivity index (χ2v) is 11.0. The van der Waals surface area contributed by atoms with Crippen LogP contribution in [0.25, 0.3) is 5.57 Å². The fourth-order valence-corrected chi connectivity index (χ4v) is 5.70. The molecule has 0 saturated carbocycles. The molecule has 0 amide bonds. The maximum Gasteiger partial charge on any atom is 0.174 e. The van der Waals surface area contributed by atoms with Gasteiger partial charge in [0.05, 0.1) is 23.3 Å². The highest BCUT2D eigenvalue weighted by atomic mass is 79.9. The van der Waals surface area contributed by atoms with Crippen molar-refractivity contribution in [2.24, 2.45) is 0 Å². The summed E-state index contributed by atoms with van der Waals surface area (Å²) in [4.78, 5) is 9.28. The molecule has 1 fully saturated rings. The number of rotatable bonds is 3. The molecule has 2 atom stereocenters. The number of halogens is 1. The molecule has 3 heterocycles. The zero-order valence-corrected chi connectivity index (χ0v) is 22.5. The average Bonchev–Trinajstić information content (AvgIpc) is 3.16. The summed E-state index contributed by atoms with van der Waals surface area (Å²) in [5.41, 5.74) is 8.24. The summed E-state index contributed by atoms with van der Waals surface area (Å²) in [6.45, 7) is 8.82. The first kappa shape index (κ1) is 23.1. The molecule has 3 aromatic rings. The van der Waals surface area contributed by atoms with Crippen LogP contribution in [0, 0.1) is 6.92 Å². The van der Waals surface area contributed by atoms with Crippen molar-refractivity contribution in [3.8, 4) is 0 Å². The lowest BCUT2D eigenvalue weighted by Gasteiger charge is -2.41. The van der Waals surface area contributed by atoms with Gasteiger partial charge in [0.1, 0.15) is 0 Å². The minimum atomic E-state index is -0.0576. The van der Waals surface area contributed by atoms with Crippen LogP contribution < -0.4 is 15.1 Å². The van der Waals surface area contributed by atoms with Crippen LogP contribution in [0.5, 0.6) is 0 Å². The van der Waals surface area contributed by atoms with E-state index in [-0.39, 0.29) is 17.6 Å². The van der Waals surface area contributed by atoms with Gasteiger partial charge in [0.15, 0.2) is 5.11 Å². The number of benzene rings is 2. The molecule has 34 heavy (non-hydrogen) atoms. The van der Waals surface area contributed by atoms with Gasteiger partial charge in [0.2, 0.25) is 0 Å². The summed E-state index contributed by atoms with van der Waals surface area (Å²) in [5.74, 6) is 0. The Kier molecular flexibility index (Phi) is 5.77. The van der Waals surface area contributed by atoms with E-state index < -0.39 is 0 Å². The van der Waals surface area contributed by atoms with Crippen molar-refractivity contribution in [2.75, 3.05) is 16.8 Å². The van der Waals surface area contributed by atoms with Crippen molar-refractivity contribution in [3.63, 3.8) is 0 Å². The quantitative estimate of drug-likeness (QED) is 0.368. The lowest BCUT2D eigenvalue weighted by Crippen LogP contribution is -2.42. The maximum atomic E-state index is 5.90. The number of hydrogen-bond donors (Lipinski definition) is 1. The third kappa shape index (κ3) is 3.83. The normalized spacial score (nSPS) is 21.2. The monoisotopic (exact) mass is 532 g/mol. The molecule has 1 N–H and O–H groups in total. The Labute approximate surface area is 215 Å². The Balaban J connectivity index is 1.67. The van der Waals surface area contributed by atoms with Crippen LogP contribution in [0.4, 0.5) is 11.4 Å². The molecule has 0 bridgehead atoms. The number of aryl methyl sites for hydroxylation is 1. The van der Waals surface area contributed by atoms with Crippen molar-refractivity contribution < 1.29 is 0 Å². The van der Waals surface area contributed by atoms with Gasteiger partial charge in [-0.3, -0.25) is 4.98 Å².